The Morgan fingerprint density at radius 2 is 2.23 bits per heavy atom. The van der Waals surface area contributed by atoms with Crippen molar-refractivity contribution < 1.29 is 4.74 Å². The lowest BCUT2D eigenvalue weighted by molar-refractivity contribution is 0.250. The molecule has 0 spiro atoms. The van der Waals surface area contributed by atoms with Crippen LogP contribution in [0.15, 0.2) is 24.3 Å². The lowest BCUT2D eigenvalue weighted by atomic mass is 9.64. The smallest absolute Gasteiger partial charge is 0.162 e. The predicted octanol–water partition coefficient (Wildman–Crippen LogP) is 4.21. The van der Waals surface area contributed by atoms with Crippen molar-refractivity contribution in [2.24, 2.45) is 0 Å². The molecule has 1 aromatic carbocycles. The highest BCUT2D eigenvalue weighted by Crippen LogP contribution is 2.47. The number of benzene rings is 1. The van der Waals surface area contributed by atoms with Crippen LogP contribution < -0.4 is 10.1 Å². The first-order valence-corrected chi connectivity index (χ1v) is 8.28. The molecular formula is C16H16ClN3OS. The van der Waals surface area contributed by atoms with Crippen molar-refractivity contribution in [3.8, 4) is 11.8 Å². The summed E-state index contributed by atoms with van der Waals surface area (Å²) in [5.41, 5.74) is 1.71. The van der Waals surface area contributed by atoms with Gasteiger partial charge in [-0.05, 0) is 30.4 Å². The van der Waals surface area contributed by atoms with Crippen LogP contribution >= 0.6 is 23.1 Å². The number of rotatable bonds is 5. The number of methoxy groups -OCH3 is 1. The summed E-state index contributed by atoms with van der Waals surface area (Å²) >= 11 is 7.16. The van der Waals surface area contributed by atoms with Gasteiger partial charge in [0.05, 0.1) is 7.11 Å². The summed E-state index contributed by atoms with van der Waals surface area (Å²) < 4.78 is 9.55. The van der Waals surface area contributed by atoms with E-state index < -0.39 is 0 Å². The van der Waals surface area contributed by atoms with Crippen molar-refractivity contribution in [1.82, 2.24) is 4.37 Å². The fourth-order valence-corrected chi connectivity index (χ4v) is 3.89. The Balaban J connectivity index is 1.84. The van der Waals surface area contributed by atoms with E-state index in [2.05, 4.69) is 21.8 Å². The predicted molar refractivity (Wildman–Crippen MR) is 88.9 cm³/mol. The van der Waals surface area contributed by atoms with Gasteiger partial charge in [0.25, 0.3) is 0 Å². The summed E-state index contributed by atoms with van der Waals surface area (Å²) in [5, 5.41) is 13.5. The number of hydrogen-bond donors (Lipinski definition) is 1. The highest BCUT2D eigenvalue weighted by Gasteiger charge is 2.40. The number of ether oxygens (including phenoxy) is 1. The third-order valence-electron chi connectivity index (χ3n) is 4.34. The Hall–Kier alpha value is -1.77. The van der Waals surface area contributed by atoms with E-state index in [4.69, 9.17) is 21.6 Å². The van der Waals surface area contributed by atoms with Crippen LogP contribution in [0, 0.1) is 11.3 Å². The van der Waals surface area contributed by atoms with E-state index in [9.17, 15) is 0 Å². The Labute approximate surface area is 138 Å². The second kappa shape index (κ2) is 6.15. The van der Waals surface area contributed by atoms with Gasteiger partial charge in [-0.25, -0.2) is 0 Å². The summed E-state index contributed by atoms with van der Waals surface area (Å²) in [7, 11) is 1.70. The third kappa shape index (κ3) is 2.53. The maximum Gasteiger partial charge on any atom is 0.162 e. The molecule has 1 aliphatic carbocycles. The number of nitriles is 1. The molecule has 6 heteroatoms. The molecule has 1 aromatic heterocycles. The Kier molecular flexibility index (Phi) is 4.23. The standard InChI is InChI=1S/C16H16ClN3OS/c1-21-13-6-3-2-5-12(13)16(7-4-8-16)10-19-15-11(9-18)14(17)20-22-15/h2-3,5-6,19H,4,7-8,10H2,1H3. The number of nitrogens with one attached hydrogen (secondary N) is 1. The minimum Gasteiger partial charge on any atom is -0.496 e. The van der Waals surface area contributed by atoms with Crippen LogP contribution in [0.4, 0.5) is 5.00 Å². The van der Waals surface area contributed by atoms with E-state index in [1.54, 1.807) is 7.11 Å². The third-order valence-corrected chi connectivity index (χ3v) is 5.52. The fraction of sp³-hybridized carbons (Fsp3) is 0.375. The second-order valence-electron chi connectivity index (χ2n) is 5.48. The van der Waals surface area contributed by atoms with Crippen molar-refractivity contribution in [2.75, 3.05) is 19.0 Å². The van der Waals surface area contributed by atoms with E-state index in [1.807, 2.05) is 18.2 Å². The average Bonchev–Trinajstić information content (AvgIpc) is 2.87. The molecule has 0 amide bonds. The molecule has 1 heterocycles. The van der Waals surface area contributed by atoms with E-state index in [-0.39, 0.29) is 10.6 Å². The normalized spacial score (nSPS) is 15.7. The maximum absolute atomic E-state index is 9.16. The molecule has 0 radical (unpaired) electrons. The van der Waals surface area contributed by atoms with Gasteiger partial charge in [-0.3, -0.25) is 0 Å². The summed E-state index contributed by atoms with van der Waals surface area (Å²) in [4.78, 5) is 0. The first-order valence-electron chi connectivity index (χ1n) is 7.13. The molecule has 0 atom stereocenters. The largest absolute Gasteiger partial charge is 0.496 e. The van der Waals surface area contributed by atoms with Crippen molar-refractivity contribution in [1.29, 1.82) is 5.26 Å². The molecule has 22 heavy (non-hydrogen) atoms. The van der Waals surface area contributed by atoms with E-state index >= 15 is 0 Å². The first kappa shape index (κ1) is 15.1. The van der Waals surface area contributed by atoms with Gasteiger partial charge in [0.15, 0.2) is 5.15 Å². The van der Waals surface area contributed by atoms with Crippen LogP contribution in [0.2, 0.25) is 5.15 Å². The van der Waals surface area contributed by atoms with Gasteiger partial charge >= 0.3 is 0 Å². The molecule has 1 N–H and O–H groups in total. The second-order valence-corrected chi connectivity index (χ2v) is 6.61. The molecule has 4 nitrogen and oxygen atoms in total. The highest BCUT2D eigenvalue weighted by atomic mass is 35.5. The van der Waals surface area contributed by atoms with Gasteiger partial charge in [0.2, 0.25) is 0 Å². The average molecular weight is 334 g/mol. The fourth-order valence-electron chi connectivity index (χ4n) is 2.97. The SMILES string of the molecule is COc1ccccc1C1(CNc2snc(Cl)c2C#N)CCC1. The zero-order chi connectivity index (χ0) is 15.6. The zero-order valence-electron chi connectivity index (χ0n) is 12.2. The Morgan fingerprint density at radius 3 is 2.86 bits per heavy atom. The minimum atomic E-state index is 0.0514. The van der Waals surface area contributed by atoms with Gasteiger partial charge in [0.1, 0.15) is 22.4 Å². The summed E-state index contributed by atoms with van der Waals surface area (Å²) in [5.74, 6) is 0.923. The molecule has 0 saturated heterocycles. The topological polar surface area (TPSA) is 57.9 Å². The van der Waals surface area contributed by atoms with E-state index in [0.717, 1.165) is 30.1 Å². The van der Waals surface area contributed by atoms with Crippen LogP contribution in [-0.4, -0.2) is 18.0 Å². The number of anilines is 1. The van der Waals surface area contributed by atoms with Gasteiger partial charge in [-0.15, -0.1) is 0 Å². The number of aromatic nitrogens is 1. The van der Waals surface area contributed by atoms with Crippen molar-refractivity contribution in [2.45, 2.75) is 24.7 Å². The molecule has 1 fully saturated rings. The highest BCUT2D eigenvalue weighted by molar-refractivity contribution is 7.10. The molecule has 114 valence electrons. The number of hydrogen-bond acceptors (Lipinski definition) is 5. The van der Waals surface area contributed by atoms with E-state index in [0.29, 0.717) is 5.56 Å². The lowest BCUT2D eigenvalue weighted by Gasteiger charge is -2.43. The lowest BCUT2D eigenvalue weighted by Crippen LogP contribution is -2.41. The van der Waals surface area contributed by atoms with Gasteiger partial charge in [0, 0.05) is 17.5 Å². The number of para-hydroxylation sites is 1. The number of halogens is 1. The molecule has 2 aromatic rings. The summed E-state index contributed by atoms with van der Waals surface area (Å²) in [6, 6.07) is 10.3. The van der Waals surface area contributed by atoms with E-state index in [1.165, 1.54) is 23.5 Å². The van der Waals surface area contributed by atoms with Crippen LogP contribution in [0.25, 0.3) is 0 Å². The van der Waals surface area contributed by atoms with Crippen molar-refractivity contribution in [3.05, 3.63) is 40.5 Å². The zero-order valence-corrected chi connectivity index (χ0v) is 13.8. The molecule has 3 rings (SSSR count). The molecule has 0 unspecified atom stereocenters. The first-order chi connectivity index (χ1) is 10.7. The quantitative estimate of drug-likeness (QED) is 0.890. The van der Waals surface area contributed by atoms with Crippen LogP contribution in [-0.2, 0) is 5.41 Å². The molecule has 1 aliphatic rings. The monoisotopic (exact) mass is 333 g/mol. The van der Waals surface area contributed by atoms with Crippen molar-refractivity contribution >= 4 is 28.1 Å². The van der Waals surface area contributed by atoms with Gasteiger partial charge in [-0.1, -0.05) is 36.2 Å². The number of nitrogens with zero attached hydrogens (tertiary/aromatic N) is 2. The van der Waals surface area contributed by atoms with Gasteiger partial charge in [-0.2, -0.15) is 9.64 Å². The molecular weight excluding hydrogens is 318 g/mol. The molecule has 0 aliphatic heterocycles. The Morgan fingerprint density at radius 1 is 1.45 bits per heavy atom. The molecule has 0 bridgehead atoms. The van der Waals surface area contributed by atoms with Crippen LogP contribution in [0.1, 0.15) is 30.4 Å². The van der Waals surface area contributed by atoms with Crippen LogP contribution in [0.3, 0.4) is 0 Å². The Bertz CT molecular complexity index is 718. The summed E-state index contributed by atoms with van der Waals surface area (Å²) in [6.45, 7) is 0.751. The van der Waals surface area contributed by atoms with Gasteiger partial charge < -0.3 is 10.1 Å². The minimum absolute atomic E-state index is 0.0514. The van der Waals surface area contributed by atoms with Crippen molar-refractivity contribution in [3.63, 3.8) is 0 Å². The van der Waals surface area contributed by atoms with Crippen LogP contribution in [0.5, 0.6) is 5.75 Å². The summed E-state index contributed by atoms with van der Waals surface area (Å²) in [6.07, 6.45) is 3.41. The maximum atomic E-state index is 9.16. The molecule has 1 saturated carbocycles.